The van der Waals surface area contributed by atoms with E-state index in [-0.39, 0.29) is 24.5 Å². The highest BCUT2D eigenvalue weighted by Crippen LogP contribution is 2.39. The molecule has 0 radical (unpaired) electrons. The molecule has 3 aromatic rings. The molecule has 36 heavy (non-hydrogen) atoms. The summed E-state index contributed by atoms with van der Waals surface area (Å²) in [5.41, 5.74) is 2.52. The number of amides is 2. The topological polar surface area (TPSA) is 74.3 Å². The Morgan fingerprint density at radius 3 is 2.47 bits per heavy atom. The van der Waals surface area contributed by atoms with Gasteiger partial charge in [-0.3, -0.25) is 14.5 Å². The molecule has 0 saturated carbocycles. The van der Waals surface area contributed by atoms with Gasteiger partial charge in [-0.1, -0.05) is 41.4 Å². The van der Waals surface area contributed by atoms with Gasteiger partial charge in [0.15, 0.2) is 11.5 Å². The number of halogens is 1. The number of thioether (sulfide) groups is 1. The Labute approximate surface area is 217 Å². The molecule has 2 aliphatic rings. The highest BCUT2D eigenvalue weighted by Gasteiger charge is 2.35. The number of carbonyl (C=O) groups excluding carboxylic acids is 2. The second kappa shape index (κ2) is 10.6. The first-order valence-electron chi connectivity index (χ1n) is 11.2. The molecule has 0 N–H and O–H groups in total. The molecule has 1 fully saturated rings. The van der Waals surface area contributed by atoms with E-state index in [0.29, 0.717) is 46.0 Å². The third-order valence-corrected chi connectivity index (χ3v) is 6.80. The lowest BCUT2D eigenvalue weighted by Crippen LogP contribution is -2.27. The molecule has 0 aliphatic carbocycles. The van der Waals surface area contributed by atoms with Crippen molar-refractivity contribution in [1.29, 1.82) is 0 Å². The SMILES string of the molecule is Cc1ccc(OCCOc2cccc(/C=C3\SC(=O)N(Cc4cc5c(cc4Cl)OCO5)C3=O)c2)cc1. The van der Waals surface area contributed by atoms with Crippen LogP contribution in [0.3, 0.4) is 0 Å². The molecule has 7 nitrogen and oxygen atoms in total. The quantitative estimate of drug-likeness (QED) is 0.262. The standard InChI is InChI=1S/C27H22ClNO6S/c1-17-5-7-20(8-6-17)32-9-10-33-21-4-2-3-18(11-21)12-25-26(30)29(27(31)36-25)15-19-13-23-24(14-22(19)28)35-16-34-23/h2-8,11-14H,9-10,15-16H2,1H3/b25-12-. The van der Waals surface area contributed by atoms with Crippen LogP contribution in [0.2, 0.25) is 5.02 Å². The van der Waals surface area contributed by atoms with Crippen molar-refractivity contribution in [1.82, 2.24) is 4.90 Å². The van der Waals surface area contributed by atoms with Gasteiger partial charge in [0.05, 0.1) is 11.4 Å². The van der Waals surface area contributed by atoms with Gasteiger partial charge in [-0.2, -0.15) is 0 Å². The predicted octanol–water partition coefficient (Wildman–Crippen LogP) is 6.07. The summed E-state index contributed by atoms with van der Waals surface area (Å²) in [4.78, 5) is 27.1. The normalized spacial score (nSPS) is 15.6. The van der Waals surface area contributed by atoms with E-state index in [1.165, 1.54) is 10.5 Å². The third-order valence-electron chi connectivity index (χ3n) is 5.54. The molecule has 9 heteroatoms. The van der Waals surface area contributed by atoms with E-state index in [1.807, 2.05) is 55.5 Å². The van der Waals surface area contributed by atoms with Crippen molar-refractivity contribution in [2.45, 2.75) is 13.5 Å². The van der Waals surface area contributed by atoms with Crippen LogP contribution in [-0.4, -0.2) is 36.1 Å². The van der Waals surface area contributed by atoms with Gasteiger partial charge < -0.3 is 18.9 Å². The molecule has 1 saturated heterocycles. The van der Waals surface area contributed by atoms with Gasteiger partial charge >= 0.3 is 0 Å². The van der Waals surface area contributed by atoms with Crippen molar-refractivity contribution in [2.24, 2.45) is 0 Å². The monoisotopic (exact) mass is 523 g/mol. The highest BCUT2D eigenvalue weighted by atomic mass is 35.5. The number of ether oxygens (including phenoxy) is 4. The molecule has 3 aromatic carbocycles. The lowest BCUT2D eigenvalue weighted by molar-refractivity contribution is -0.123. The van der Waals surface area contributed by atoms with Crippen LogP contribution < -0.4 is 18.9 Å². The number of hydrogen-bond acceptors (Lipinski definition) is 7. The third kappa shape index (κ3) is 5.45. The van der Waals surface area contributed by atoms with Gasteiger partial charge in [0.2, 0.25) is 6.79 Å². The smallest absolute Gasteiger partial charge is 0.293 e. The summed E-state index contributed by atoms with van der Waals surface area (Å²) in [6.45, 7) is 2.94. The first kappa shape index (κ1) is 24.1. The molecule has 0 unspecified atom stereocenters. The molecular weight excluding hydrogens is 502 g/mol. The molecule has 0 aromatic heterocycles. The van der Waals surface area contributed by atoms with E-state index in [4.69, 9.17) is 30.5 Å². The van der Waals surface area contributed by atoms with Crippen LogP contribution >= 0.6 is 23.4 Å². The van der Waals surface area contributed by atoms with E-state index in [0.717, 1.165) is 23.1 Å². The van der Waals surface area contributed by atoms with Crippen molar-refractivity contribution in [3.63, 3.8) is 0 Å². The van der Waals surface area contributed by atoms with E-state index in [1.54, 1.807) is 18.2 Å². The number of benzene rings is 3. The van der Waals surface area contributed by atoms with E-state index < -0.39 is 0 Å². The Morgan fingerprint density at radius 1 is 0.972 bits per heavy atom. The maximum atomic E-state index is 13.0. The molecule has 184 valence electrons. The minimum Gasteiger partial charge on any atom is -0.490 e. The lowest BCUT2D eigenvalue weighted by atomic mass is 10.1. The van der Waals surface area contributed by atoms with Crippen molar-refractivity contribution < 1.29 is 28.5 Å². The fourth-order valence-corrected chi connectivity index (χ4v) is 4.74. The average Bonchev–Trinajstić information content (AvgIpc) is 3.42. The number of carbonyl (C=O) groups is 2. The Balaban J connectivity index is 1.21. The first-order chi connectivity index (χ1) is 17.5. The van der Waals surface area contributed by atoms with Crippen molar-refractivity contribution in [3.05, 3.63) is 87.3 Å². The Bertz CT molecular complexity index is 1340. The van der Waals surface area contributed by atoms with Crippen molar-refractivity contribution >= 4 is 40.6 Å². The maximum Gasteiger partial charge on any atom is 0.293 e. The summed E-state index contributed by atoms with van der Waals surface area (Å²) in [5, 5.41) is 0.0409. The minimum atomic E-state index is -0.378. The highest BCUT2D eigenvalue weighted by molar-refractivity contribution is 8.18. The largest absolute Gasteiger partial charge is 0.490 e. The van der Waals surface area contributed by atoms with Gasteiger partial charge in [-0.25, -0.2) is 0 Å². The van der Waals surface area contributed by atoms with Crippen LogP contribution in [0.4, 0.5) is 4.79 Å². The minimum absolute atomic E-state index is 0.0433. The zero-order valence-electron chi connectivity index (χ0n) is 19.4. The summed E-state index contributed by atoms with van der Waals surface area (Å²) in [7, 11) is 0. The van der Waals surface area contributed by atoms with Crippen LogP contribution in [0.25, 0.3) is 6.08 Å². The van der Waals surface area contributed by atoms with Crippen molar-refractivity contribution in [3.8, 4) is 23.0 Å². The summed E-state index contributed by atoms with van der Waals surface area (Å²) < 4.78 is 22.2. The fourth-order valence-electron chi connectivity index (χ4n) is 3.69. The van der Waals surface area contributed by atoms with Crippen molar-refractivity contribution in [2.75, 3.05) is 20.0 Å². The van der Waals surface area contributed by atoms with Gasteiger partial charge in [0.1, 0.15) is 24.7 Å². The second-order valence-electron chi connectivity index (χ2n) is 8.15. The average molecular weight is 524 g/mol. The second-order valence-corrected chi connectivity index (χ2v) is 9.55. The number of fused-ring (bicyclic) bond motifs is 1. The van der Waals surface area contributed by atoms with Gasteiger partial charge in [0, 0.05) is 11.1 Å². The van der Waals surface area contributed by atoms with E-state index in [2.05, 4.69) is 0 Å². The number of imide groups is 1. The fraction of sp³-hybridized carbons (Fsp3) is 0.185. The summed E-state index contributed by atoms with van der Waals surface area (Å²) in [6, 6.07) is 18.5. The maximum absolute atomic E-state index is 13.0. The van der Waals surface area contributed by atoms with Crippen LogP contribution in [-0.2, 0) is 11.3 Å². The molecule has 0 atom stereocenters. The Kier molecular flexibility index (Phi) is 7.06. The number of rotatable bonds is 8. The first-order valence-corrected chi connectivity index (χ1v) is 12.4. The van der Waals surface area contributed by atoms with Gasteiger partial charge in [0.25, 0.3) is 11.1 Å². The molecule has 5 rings (SSSR count). The van der Waals surface area contributed by atoms with Crippen LogP contribution in [0.5, 0.6) is 23.0 Å². The zero-order chi connectivity index (χ0) is 25.1. The molecule has 2 amide bonds. The summed E-state index contributed by atoms with van der Waals surface area (Å²) in [6.07, 6.45) is 1.68. The number of nitrogens with zero attached hydrogens (tertiary/aromatic N) is 1. The van der Waals surface area contributed by atoms with Crippen LogP contribution in [0.1, 0.15) is 16.7 Å². The van der Waals surface area contributed by atoms with Gasteiger partial charge in [-0.15, -0.1) is 0 Å². The number of hydrogen-bond donors (Lipinski definition) is 0. The zero-order valence-corrected chi connectivity index (χ0v) is 20.9. The van der Waals surface area contributed by atoms with Crippen LogP contribution in [0, 0.1) is 6.92 Å². The molecular formula is C27H22ClNO6S. The van der Waals surface area contributed by atoms with E-state index in [9.17, 15) is 9.59 Å². The molecule has 0 bridgehead atoms. The summed E-state index contributed by atoms with van der Waals surface area (Å²) in [5.74, 6) is 2.13. The molecule has 2 aliphatic heterocycles. The van der Waals surface area contributed by atoms with E-state index >= 15 is 0 Å². The summed E-state index contributed by atoms with van der Waals surface area (Å²) >= 11 is 7.22. The predicted molar refractivity (Wildman–Crippen MR) is 138 cm³/mol. The lowest BCUT2D eigenvalue weighted by Gasteiger charge is -2.14. The molecule has 0 spiro atoms. The molecule has 2 heterocycles. The Hall–Kier alpha value is -3.62. The Morgan fingerprint density at radius 2 is 1.69 bits per heavy atom. The van der Waals surface area contributed by atoms with Crippen LogP contribution in [0.15, 0.2) is 65.6 Å². The van der Waals surface area contributed by atoms with Gasteiger partial charge in [-0.05, 0) is 66.2 Å². The number of aryl methyl sites for hydroxylation is 1.